The quantitative estimate of drug-likeness (QED) is 0.0921. The van der Waals surface area contributed by atoms with Gasteiger partial charge in [-0.05, 0) is 61.2 Å². The maximum Gasteiger partial charge on any atom is 0.336 e. The van der Waals surface area contributed by atoms with E-state index in [4.69, 9.17) is 4.42 Å². The largest absolute Gasteiger partial charge is 0.508 e. The lowest BCUT2D eigenvalue weighted by molar-refractivity contribution is -0.121. The third-order valence-corrected chi connectivity index (χ3v) is 10.4. The smallest absolute Gasteiger partial charge is 0.336 e. The SMILES string of the molecule is O=C(CCCC[C@@H]1SC[C@@H]2NC(=O)C[C@@H]21)NCCCC(=O)c1ccc(-c2c3ccc(=O)cc-3oc3ccc(O)cc23)c(C(=O)O)c1. The Hall–Kier alpha value is -4.64. The van der Waals surface area contributed by atoms with Crippen molar-refractivity contribution in [3.05, 3.63) is 75.9 Å². The van der Waals surface area contributed by atoms with Crippen molar-refractivity contribution in [1.29, 1.82) is 0 Å². The molecular formula is C35H34N2O8S. The number of carbonyl (C=O) groups is 4. The van der Waals surface area contributed by atoms with Gasteiger partial charge >= 0.3 is 5.97 Å². The third kappa shape index (κ3) is 6.64. The summed E-state index contributed by atoms with van der Waals surface area (Å²) >= 11 is 1.91. The number of rotatable bonds is 12. The molecule has 11 heteroatoms. The first-order valence-corrected chi connectivity index (χ1v) is 16.5. The topological polar surface area (TPSA) is 163 Å². The molecule has 1 aliphatic carbocycles. The molecule has 3 heterocycles. The highest BCUT2D eigenvalue weighted by Crippen LogP contribution is 2.43. The van der Waals surface area contributed by atoms with Gasteiger partial charge in [0, 0.05) is 76.9 Å². The number of carbonyl (C=O) groups excluding carboxylic acids is 3. The number of phenols is 1. The molecule has 2 aromatic carbocycles. The number of nitrogens with one attached hydrogen (secondary N) is 2. The Balaban J connectivity index is 1.06. The van der Waals surface area contributed by atoms with Crippen LogP contribution in [0, 0.1) is 5.92 Å². The first kappa shape index (κ1) is 31.3. The van der Waals surface area contributed by atoms with Crippen molar-refractivity contribution in [2.24, 2.45) is 5.92 Å². The van der Waals surface area contributed by atoms with Crippen molar-refractivity contribution in [3.63, 3.8) is 0 Å². The Morgan fingerprint density at radius 1 is 0.957 bits per heavy atom. The summed E-state index contributed by atoms with van der Waals surface area (Å²) in [5, 5.41) is 27.2. The van der Waals surface area contributed by atoms with Crippen molar-refractivity contribution in [1.82, 2.24) is 10.6 Å². The number of Topliss-reactive ketones (excluding diaryl/α,β-unsaturated/α-hetero) is 1. The number of amides is 2. The van der Waals surface area contributed by atoms with Crippen LogP contribution in [0.15, 0.2) is 63.8 Å². The van der Waals surface area contributed by atoms with Crippen LogP contribution in [0.25, 0.3) is 33.4 Å². The van der Waals surface area contributed by atoms with Crippen LogP contribution in [0.5, 0.6) is 5.75 Å². The summed E-state index contributed by atoms with van der Waals surface area (Å²) in [4.78, 5) is 61.5. The Morgan fingerprint density at radius 3 is 2.61 bits per heavy atom. The predicted molar refractivity (Wildman–Crippen MR) is 174 cm³/mol. The summed E-state index contributed by atoms with van der Waals surface area (Å²) in [6, 6.07) is 13.5. The lowest BCUT2D eigenvalue weighted by atomic mass is 9.89. The van der Waals surface area contributed by atoms with E-state index < -0.39 is 5.97 Å². The van der Waals surface area contributed by atoms with Crippen molar-refractivity contribution >= 4 is 46.3 Å². The van der Waals surface area contributed by atoms with Crippen LogP contribution >= 0.6 is 11.8 Å². The van der Waals surface area contributed by atoms with E-state index in [-0.39, 0.29) is 52.1 Å². The minimum Gasteiger partial charge on any atom is -0.508 e. The van der Waals surface area contributed by atoms with Gasteiger partial charge in [-0.1, -0.05) is 18.6 Å². The van der Waals surface area contributed by atoms with Crippen LogP contribution in [-0.4, -0.2) is 57.4 Å². The van der Waals surface area contributed by atoms with Gasteiger partial charge in [-0.3, -0.25) is 19.2 Å². The lowest BCUT2D eigenvalue weighted by Gasteiger charge is -2.17. The molecule has 238 valence electrons. The molecule has 0 spiro atoms. The van der Waals surface area contributed by atoms with Gasteiger partial charge in [-0.2, -0.15) is 11.8 Å². The molecule has 2 saturated heterocycles. The van der Waals surface area contributed by atoms with Crippen molar-refractivity contribution < 1.29 is 33.8 Å². The number of thioether (sulfide) groups is 1. The zero-order valence-corrected chi connectivity index (χ0v) is 25.9. The monoisotopic (exact) mass is 642 g/mol. The fourth-order valence-corrected chi connectivity index (χ4v) is 8.19. The van der Waals surface area contributed by atoms with Gasteiger partial charge in [-0.15, -0.1) is 0 Å². The van der Waals surface area contributed by atoms with E-state index in [0.29, 0.717) is 70.7 Å². The van der Waals surface area contributed by atoms with Gasteiger partial charge in [-0.25, -0.2) is 4.79 Å². The average molecular weight is 643 g/mol. The molecule has 0 bridgehead atoms. The Kier molecular flexibility index (Phi) is 9.12. The molecule has 2 fully saturated rings. The van der Waals surface area contributed by atoms with Crippen LogP contribution < -0.4 is 16.1 Å². The van der Waals surface area contributed by atoms with Crippen LogP contribution in [0.3, 0.4) is 0 Å². The molecule has 0 unspecified atom stereocenters. The number of aromatic carboxylic acids is 1. The number of phenolic OH excluding ortho intramolecular Hbond substituents is 1. The highest BCUT2D eigenvalue weighted by Gasteiger charge is 2.42. The predicted octanol–water partition coefficient (Wildman–Crippen LogP) is 5.23. The molecule has 3 aliphatic heterocycles. The standard InChI is InChI=1S/C35H34N2O8S/c38-20-9-12-29-26(15-20)34(23-11-8-21(39)16-30(23)45-29)22-10-7-19(14-24(22)35(43)44)28(40)4-3-13-36-32(41)6-2-1-5-31-25-17-33(42)37-27(25)18-46-31/h7-12,14-16,25,27,31,38H,1-6,13,17-18H2,(H,36,41)(H,37,42)(H,43,44)/t25-,27-,31-/m0/s1. The number of unbranched alkanes of at least 4 members (excludes halogenated alkanes) is 1. The highest BCUT2D eigenvalue weighted by atomic mass is 32.2. The minimum atomic E-state index is -1.24. The summed E-state index contributed by atoms with van der Waals surface area (Å²) in [6.45, 7) is 0.334. The van der Waals surface area contributed by atoms with Gasteiger partial charge in [0.2, 0.25) is 11.8 Å². The molecule has 3 atom stereocenters. The number of carboxylic acid groups (broad SMARTS) is 1. The van der Waals surface area contributed by atoms with E-state index in [9.17, 15) is 34.2 Å². The molecule has 0 saturated carbocycles. The molecule has 0 radical (unpaired) electrons. The van der Waals surface area contributed by atoms with E-state index in [1.807, 2.05) is 11.8 Å². The van der Waals surface area contributed by atoms with Crippen LogP contribution in [0.2, 0.25) is 0 Å². The normalized spacial score (nSPS) is 18.9. The number of benzene rings is 3. The molecule has 10 nitrogen and oxygen atoms in total. The summed E-state index contributed by atoms with van der Waals surface area (Å²) in [7, 11) is 0. The molecule has 6 rings (SSSR count). The van der Waals surface area contributed by atoms with Gasteiger partial charge in [0.15, 0.2) is 11.2 Å². The first-order valence-electron chi connectivity index (χ1n) is 15.5. The summed E-state index contributed by atoms with van der Waals surface area (Å²) in [5.41, 5.74) is 1.48. The summed E-state index contributed by atoms with van der Waals surface area (Å²) in [6.07, 6.45) is 4.24. The number of hydrogen-bond donors (Lipinski definition) is 4. The average Bonchev–Trinajstić information content (AvgIpc) is 3.59. The maximum absolute atomic E-state index is 13.0. The molecule has 4 aliphatic rings. The molecule has 4 N–H and O–H groups in total. The van der Waals surface area contributed by atoms with Gasteiger partial charge in [0.1, 0.15) is 17.1 Å². The molecule has 0 aromatic heterocycles. The number of carboxylic acids is 1. The highest BCUT2D eigenvalue weighted by molar-refractivity contribution is 8.00. The van der Waals surface area contributed by atoms with Crippen molar-refractivity contribution in [3.8, 4) is 28.2 Å². The van der Waals surface area contributed by atoms with Gasteiger partial charge < -0.3 is 25.3 Å². The Morgan fingerprint density at radius 2 is 1.78 bits per heavy atom. The molecule has 2 amide bonds. The molecule has 2 aromatic rings. The fourth-order valence-electron chi connectivity index (χ4n) is 6.54. The third-order valence-electron chi connectivity index (χ3n) is 8.81. The van der Waals surface area contributed by atoms with Crippen LogP contribution in [0.1, 0.15) is 65.7 Å². The van der Waals surface area contributed by atoms with E-state index in [2.05, 4.69) is 10.6 Å². The zero-order chi connectivity index (χ0) is 32.4. The second-order valence-electron chi connectivity index (χ2n) is 11.9. The Bertz CT molecular complexity index is 1870. The first-order chi connectivity index (χ1) is 22.2. The minimum absolute atomic E-state index is 0.0406. The van der Waals surface area contributed by atoms with Crippen LogP contribution in [-0.2, 0) is 9.59 Å². The molecule has 46 heavy (non-hydrogen) atoms. The van der Waals surface area contributed by atoms with E-state index >= 15 is 0 Å². The number of aromatic hydroxyl groups is 1. The van der Waals surface area contributed by atoms with Crippen LogP contribution in [0.4, 0.5) is 0 Å². The Labute approximate surface area is 268 Å². The van der Waals surface area contributed by atoms with Gasteiger partial charge in [0.05, 0.1) is 5.56 Å². The zero-order valence-electron chi connectivity index (χ0n) is 25.0. The van der Waals surface area contributed by atoms with E-state index in [1.165, 1.54) is 30.3 Å². The lowest BCUT2D eigenvalue weighted by Crippen LogP contribution is -2.29. The second kappa shape index (κ2) is 13.4. The summed E-state index contributed by atoms with van der Waals surface area (Å²) in [5.74, 6) is 0.195. The van der Waals surface area contributed by atoms with E-state index in [1.54, 1.807) is 24.3 Å². The van der Waals surface area contributed by atoms with Gasteiger partial charge in [0.25, 0.3) is 0 Å². The fraction of sp³-hybridized carbons (Fsp3) is 0.343. The number of fused-ring (bicyclic) bond motifs is 3. The van der Waals surface area contributed by atoms with E-state index in [0.717, 1.165) is 25.0 Å². The van der Waals surface area contributed by atoms with Crippen molar-refractivity contribution in [2.75, 3.05) is 12.3 Å². The summed E-state index contributed by atoms with van der Waals surface area (Å²) < 4.78 is 5.89. The number of ketones is 1. The van der Waals surface area contributed by atoms with Crippen molar-refractivity contribution in [2.45, 2.75) is 56.2 Å². The second-order valence-corrected chi connectivity index (χ2v) is 13.2. The maximum atomic E-state index is 13.0. The number of hydrogen-bond acceptors (Lipinski definition) is 8. The molecular weight excluding hydrogens is 608 g/mol.